The Bertz CT molecular complexity index is 959. The first kappa shape index (κ1) is 15.4. The summed E-state index contributed by atoms with van der Waals surface area (Å²) in [6.07, 6.45) is 1.26. The number of nitrogens with one attached hydrogen (secondary N) is 3. The molecule has 0 bridgehead atoms. The molecule has 7 heteroatoms. The van der Waals surface area contributed by atoms with Crippen LogP contribution in [-0.4, -0.2) is 24.1 Å². The molecule has 0 fully saturated rings. The van der Waals surface area contributed by atoms with Crippen molar-refractivity contribution in [2.24, 2.45) is 0 Å². The smallest absolute Gasteiger partial charge is 0.306 e. The highest BCUT2D eigenvalue weighted by atomic mass is 32.2. The Morgan fingerprint density at radius 3 is 2.48 bits per heavy atom. The summed E-state index contributed by atoms with van der Waals surface area (Å²) in [4.78, 5) is 16.4. The average molecular weight is 331 g/mol. The maximum atomic E-state index is 12.1. The summed E-state index contributed by atoms with van der Waals surface area (Å²) in [5.74, 6) is 0.0452. The van der Waals surface area contributed by atoms with Crippen LogP contribution in [0.3, 0.4) is 0 Å². The molecule has 0 aliphatic carbocycles. The van der Waals surface area contributed by atoms with Gasteiger partial charge in [0.15, 0.2) is 0 Å². The summed E-state index contributed by atoms with van der Waals surface area (Å²) < 4.78 is 26.8. The van der Waals surface area contributed by atoms with Crippen LogP contribution in [0.2, 0.25) is 0 Å². The Morgan fingerprint density at radius 2 is 1.70 bits per heavy atom. The topological polar surface area (TPSA) is 94.8 Å². The monoisotopic (exact) mass is 331 g/mol. The molecule has 0 saturated heterocycles. The van der Waals surface area contributed by atoms with Gasteiger partial charge in [0, 0.05) is 0 Å². The molecule has 3 aromatic rings. The van der Waals surface area contributed by atoms with Crippen LogP contribution in [0.15, 0.2) is 53.3 Å². The molecule has 0 radical (unpaired) electrons. The van der Waals surface area contributed by atoms with Crippen molar-refractivity contribution in [3.05, 3.63) is 64.6 Å². The van der Waals surface area contributed by atoms with Crippen molar-refractivity contribution in [2.75, 3.05) is 10.5 Å². The highest BCUT2D eigenvalue weighted by Gasteiger charge is 2.11. The molecule has 0 spiro atoms. The first-order chi connectivity index (χ1) is 11.0. The molecule has 120 valence electrons. The maximum absolute atomic E-state index is 12.1. The molecule has 0 amide bonds. The minimum Gasteiger partial charge on any atom is -0.306 e. The van der Waals surface area contributed by atoms with Crippen molar-refractivity contribution in [3.8, 4) is 0 Å². The van der Waals surface area contributed by atoms with Crippen LogP contribution in [0.1, 0.15) is 12.0 Å². The lowest BCUT2D eigenvalue weighted by molar-refractivity contribution is 0.598. The molecular weight excluding hydrogens is 314 g/mol. The average Bonchev–Trinajstić information content (AvgIpc) is 2.87. The minimum atomic E-state index is -3.42. The highest BCUT2D eigenvalue weighted by Crippen LogP contribution is 2.16. The number of anilines is 1. The van der Waals surface area contributed by atoms with E-state index in [0.29, 0.717) is 29.6 Å². The molecule has 3 N–H and O–H groups in total. The molecule has 0 atom stereocenters. The highest BCUT2D eigenvalue weighted by molar-refractivity contribution is 7.92. The molecule has 0 aliphatic rings. The number of aromatic amines is 2. The Hall–Kier alpha value is -2.54. The molecular formula is C16H17N3O3S. The molecule has 0 aliphatic heterocycles. The summed E-state index contributed by atoms with van der Waals surface area (Å²) in [5.41, 5.74) is 2.45. The van der Waals surface area contributed by atoms with E-state index in [-0.39, 0.29) is 11.4 Å². The molecule has 3 rings (SSSR count). The fourth-order valence-corrected chi connectivity index (χ4v) is 3.55. The van der Waals surface area contributed by atoms with E-state index in [9.17, 15) is 13.2 Å². The van der Waals surface area contributed by atoms with Crippen molar-refractivity contribution < 1.29 is 8.42 Å². The molecule has 23 heavy (non-hydrogen) atoms. The first-order valence-corrected chi connectivity index (χ1v) is 8.93. The van der Waals surface area contributed by atoms with Crippen LogP contribution in [-0.2, 0) is 16.4 Å². The summed E-state index contributed by atoms with van der Waals surface area (Å²) in [6, 6.07) is 14.7. The zero-order valence-corrected chi connectivity index (χ0v) is 13.2. The lowest BCUT2D eigenvalue weighted by Gasteiger charge is -2.08. The van der Waals surface area contributed by atoms with E-state index in [0.717, 1.165) is 5.56 Å². The van der Waals surface area contributed by atoms with Crippen molar-refractivity contribution in [1.29, 1.82) is 0 Å². The van der Waals surface area contributed by atoms with Crippen LogP contribution in [0, 0.1) is 0 Å². The molecule has 1 heterocycles. The summed E-state index contributed by atoms with van der Waals surface area (Å²) in [6.45, 7) is 0. The second kappa shape index (κ2) is 6.29. The number of sulfonamides is 1. The summed E-state index contributed by atoms with van der Waals surface area (Å²) in [7, 11) is -3.42. The van der Waals surface area contributed by atoms with Crippen LogP contribution < -0.4 is 10.4 Å². The Balaban J connectivity index is 1.63. The quantitative estimate of drug-likeness (QED) is 0.646. The predicted molar refractivity (Wildman–Crippen MR) is 91.1 cm³/mol. The fraction of sp³-hybridized carbons (Fsp3) is 0.188. The van der Waals surface area contributed by atoms with Crippen LogP contribution in [0.5, 0.6) is 0 Å². The van der Waals surface area contributed by atoms with E-state index in [1.807, 2.05) is 30.3 Å². The molecule has 0 unspecified atom stereocenters. The fourth-order valence-electron chi connectivity index (χ4n) is 2.44. The standard InChI is InChI=1S/C16H17N3O3S/c20-16-17-14-9-8-13(11-15(14)18-16)19-23(21,22)10-4-7-12-5-2-1-3-6-12/h1-3,5-6,8-9,11,19H,4,7,10H2,(H2,17,18,20). The summed E-state index contributed by atoms with van der Waals surface area (Å²) in [5, 5.41) is 0. The predicted octanol–water partition coefficient (Wildman–Crippen LogP) is 2.23. The Labute approximate surface area is 133 Å². The molecule has 2 aromatic carbocycles. The van der Waals surface area contributed by atoms with Crippen molar-refractivity contribution in [1.82, 2.24) is 9.97 Å². The van der Waals surface area contributed by atoms with Crippen molar-refractivity contribution in [2.45, 2.75) is 12.8 Å². The zero-order chi connectivity index (χ0) is 16.3. The van der Waals surface area contributed by atoms with E-state index in [1.165, 1.54) is 0 Å². The van der Waals surface area contributed by atoms with E-state index >= 15 is 0 Å². The number of hydrogen-bond donors (Lipinski definition) is 3. The number of aryl methyl sites for hydroxylation is 1. The Morgan fingerprint density at radius 1 is 0.957 bits per heavy atom. The van der Waals surface area contributed by atoms with Gasteiger partial charge in [0.1, 0.15) is 0 Å². The lowest BCUT2D eigenvalue weighted by Crippen LogP contribution is -2.17. The number of imidazole rings is 1. The van der Waals surface area contributed by atoms with Crippen LogP contribution in [0.4, 0.5) is 5.69 Å². The van der Waals surface area contributed by atoms with Crippen LogP contribution >= 0.6 is 0 Å². The number of fused-ring (bicyclic) bond motifs is 1. The SMILES string of the molecule is O=c1[nH]c2ccc(NS(=O)(=O)CCCc3ccccc3)cc2[nH]1. The van der Waals surface area contributed by atoms with E-state index in [1.54, 1.807) is 18.2 Å². The largest absolute Gasteiger partial charge is 0.323 e. The van der Waals surface area contributed by atoms with Crippen LogP contribution in [0.25, 0.3) is 11.0 Å². The third-order valence-corrected chi connectivity index (χ3v) is 4.88. The molecule has 6 nitrogen and oxygen atoms in total. The van der Waals surface area contributed by atoms with Gasteiger partial charge in [-0.3, -0.25) is 4.72 Å². The number of H-pyrrole nitrogens is 2. The normalized spacial score (nSPS) is 11.7. The van der Waals surface area contributed by atoms with Gasteiger partial charge in [0.2, 0.25) is 10.0 Å². The van der Waals surface area contributed by atoms with Gasteiger partial charge in [-0.2, -0.15) is 0 Å². The number of rotatable bonds is 6. The van der Waals surface area contributed by atoms with Gasteiger partial charge in [-0.1, -0.05) is 30.3 Å². The van der Waals surface area contributed by atoms with E-state index in [2.05, 4.69) is 14.7 Å². The Kier molecular flexibility index (Phi) is 4.20. The number of benzene rings is 2. The van der Waals surface area contributed by atoms with Crippen molar-refractivity contribution in [3.63, 3.8) is 0 Å². The van der Waals surface area contributed by atoms with Gasteiger partial charge in [-0.15, -0.1) is 0 Å². The van der Waals surface area contributed by atoms with Gasteiger partial charge in [-0.25, -0.2) is 13.2 Å². The third kappa shape index (κ3) is 4.01. The maximum Gasteiger partial charge on any atom is 0.323 e. The van der Waals surface area contributed by atoms with E-state index < -0.39 is 10.0 Å². The second-order valence-electron chi connectivity index (χ2n) is 5.35. The number of hydrogen-bond acceptors (Lipinski definition) is 3. The second-order valence-corrected chi connectivity index (χ2v) is 7.19. The zero-order valence-electron chi connectivity index (χ0n) is 12.4. The van der Waals surface area contributed by atoms with Gasteiger partial charge < -0.3 is 9.97 Å². The van der Waals surface area contributed by atoms with E-state index in [4.69, 9.17) is 0 Å². The van der Waals surface area contributed by atoms with Gasteiger partial charge >= 0.3 is 5.69 Å². The third-order valence-electron chi connectivity index (χ3n) is 3.51. The lowest BCUT2D eigenvalue weighted by atomic mass is 10.1. The molecule has 0 saturated carbocycles. The summed E-state index contributed by atoms with van der Waals surface area (Å²) >= 11 is 0. The van der Waals surface area contributed by atoms with Gasteiger partial charge in [-0.05, 0) is 36.6 Å². The van der Waals surface area contributed by atoms with Gasteiger partial charge in [0.25, 0.3) is 0 Å². The van der Waals surface area contributed by atoms with Crippen molar-refractivity contribution >= 4 is 26.7 Å². The first-order valence-electron chi connectivity index (χ1n) is 7.28. The number of aromatic nitrogens is 2. The van der Waals surface area contributed by atoms with Gasteiger partial charge in [0.05, 0.1) is 22.5 Å². The molecule has 1 aromatic heterocycles. The minimum absolute atomic E-state index is 0.0452.